The number of anilines is 1. The molecule has 7 nitrogen and oxygen atoms in total. The summed E-state index contributed by atoms with van der Waals surface area (Å²) in [7, 11) is 0. The fourth-order valence-corrected chi connectivity index (χ4v) is 3.88. The van der Waals surface area contributed by atoms with Gasteiger partial charge >= 0.3 is 0 Å². The van der Waals surface area contributed by atoms with Gasteiger partial charge in [0.25, 0.3) is 5.91 Å². The van der Waals surface area contributed by atoms with E-state index in [4.69, 9.17) is 11.6 Å². The molecule has 2 aromatic heterocycles. The SMILES string of the molecule is Cc1ccc(NC(=O)CSc2nnc3ccc(C(=O)NCc4ccccc4)cn23)cc1Cl. The topological polar surface area (TPSA) is 88.4 Å². The fourth-order valence-electron chi connectivity index (χ4n) is 2.98. The number of thioether (sulfide) groups is 1. The van der Waals surface area contributed by atoms with Gasteiger partial charge in [0, 0.05) is 23.5 Å². The van der Waals surface area contributed by atoms with Crippen LogP contribution in [0.2, 0.25) is 5.02 Å². The van der Waals surface area contributed by atoms with Crippen LogP contribution in [0.1, 0.15) is 21.5 Å². The zero-order valence-corrected chi connectivity index (χ0v) is 18.8. The Bertz CT molecular complexity index is 1280. The van der Waals surface area contributed by atoms with Gasteiger partial charge in [-0.15, -0.1) is 10.2 Å². The van der Waals surface area contributed by atoms with Crippen LogP contribution in [0, 0.1) is 6.92 Å². The van der Waals surface area contributed by atoms with E-state index in [9.17, 15) is 9.59 Å². The number of rotatable bonds is 7. The van der Waals surface area contributed by atoms with Crippen LogP contribution in [0.25, 0.3) is 5.65 Å². The average molecular weight is 466 g/mol. The van der Waals surface area contributed by atoms with Crippen molar-refractivity contribution in [3.63, 3.8) is 0 Å². The highest BCUT2D eigenvalue weighted by atomic mass is 35.5. The number of carbonyl (C=O) groups is 2. The second-order valence-electron chi connectivity index (χ2n) is 7.10. The Kier molecular flexibility index (Phi) is 6.72. The van der Waals surface area contributed by atoms with Crippen LogP contribution in [0.15, 0.2) is 72.0 Å². The Morgan fingerprint density at radius 1 is 1.06 bits per heavy atom. The lowest BCUT2D eigenvalue weighted by atomic mass is 10.2. The van der Waals surface area contributed by atoms with Gasteiger partial charge in [-0.2, -0.15) is 0 Å². The van der Waals surface area contributed by atoms with E-state index in [1.54, 1.807) is 34.9 Å². The van der Waals surface area contributed by atoms with Crippen LogP contribution >= 0.6 is 23.4 Å². The second-order valence-corrected chi connectivity index (χ2v) is 8.45. The largest absolute Gasteiger partial charge is 0.348 e. The zero-order chi connectivity index (χ0) is 22.5. The number of halogens is 1. The van der Waals surface area contributed by atoms with E-state index >= 15 is 0 Å². The van der Waals surface area contributed by atoms with Crippen LogP contribution in [0.5, 0.6) is 0 Å². The number of carbonyl (C=O) groups excluding carboxylic acids is 2. The molecule has 0 unspecified atom stereocenters. The molecule has 0 radical (unpaired) electrons. The summed E-state index contributed by atoms with van der Waals surface area (Å²) in [5.74, 6) is -0.255. The molecule has 9 heteroatoms. The minimum Gasteiger partial charge on any atom is -0.348 e. The summed E-state index contributed by atoms with van der Waals surface area (Å²) >= 11 is 7.34. The van der Waals surface area contributed by atoms with Crippen molar-refractivity contribution in [2.75, 3.05) is 11.1 Å². The first kappa shape index (κ1) is 21.9. The van der Waals surface area contributed by atoms with Crippen molar-refractivity contribution in [2.24, 2.45) is 0 Å². The maximum atomic E-state index is 12.6. The number of hydrogen-bond donors (Lipinski definition) is 2. The van der Waals surface area contributed by atoms with E-state index in [2.05, 4.69) is 20.8 Å². The van der Waals surface area contributed by atoms with Crippen molar-refractivity contribution in [3.05, 3.63) is 88.6 Å². The predicted octanol–water partition coefficient (Wildman–Crippen LogP) is 4.35. The van der Waals surface area contributed by atoms with Crippen LogP contribution < -0.4 is 10.6 Å². The van der Waals surface area contributed by atoms with Crippen molar-refractivity contribution < 1.29 is 9.59 Å². The molecule has 2 heterocycles. The zero-order valence-electron chi connectivity index (χ0n) is 17.2. The molecule has 0 saturated carbocycles. The number of amides is 2. The highest BCUT2D eigenvalue weighted by Gasteiger charge is 2.13. The Hall–Kier alpha value is -3.36. The molecular weight excluding hydrogens is 446 g/mol. The summed E-state index contributed by atoms with van der Waals surface area (Å²) in [5.41, 5.74) is 3.67. The summed E-state index contributed by atoms with van der Waals surface area (Å²) < 4.78 is 1.71. The van der Waals surface area contributed by atoms with Crippen molar-refractivity contribution in [1.82, 2.24) is 19.9 Å². The number of benzene rings is 2. The molecule has 0 fully saturated rings. The highest BCUT2D eigenvalue weighted by Crippen LogP contribution is 2.21. The average Bonchev–Trinajstić information content (AvgIpc) is 3.21. The Morgan fingerprint density at radius 2 is 1.88 bits per heavy atom. The van der Waals surface area contributed by atoms with E-state index in [0.29, 0.717) is 33.6 Å². The highest BCUT2D eigenvalue weighted by molar-refractivity contribution is 7.99. The Morgan fingerprint density at radius 3 is 2.66 bits per heavy atom. The standard InChI is InChI=1S/C23H20ClN5O2S/c1-15-7-9-18(11-19(15)24)26-21(30)14-32-23-28-27-20-10-8-17(13-29(20)23)22(31)25-12-16-5-3-2-4-6-16/h2-11,13H,12,14H2,1H3,(H,25,31)(H,26,30). The lowest BCUT2D eigenvalue weighted by Gasteiger charge is -2.07. The van der Waals surface area contributed by atoms with E-state index in [1.807, 2.05) is 43.3 Å². The van der Waals surface area contributed by atoms with Gasteiger partial charge in [-0.1, -0.05) is 59.8 Å². The van der Waals surface area contributed by atoms with Gasteiger partial charge in [-0.05, 0) is 42.3 Å². The van der Waals surface area contributed by atoms with E-state index in [-0.39, 0.29) is 17.6 Å². The van der Waals surface area contributed by atoms with Gasteiger partial charge in [0.05, 0.1) is 11.3 Å². The van der Waals surface area contributed by atoms with Crippen LogP contribution in [0.4, 0.5) is 5.69 Å². The minimum absolute atomic E-state index is 0.136. The number of fused-ring (bicyclic) bond motifs is 1. The van der Waals surface area contributed by atoms with Crippen LogP contribution in [0.3, 0.4) is 0 Å². The van der Waals surface area contributed by atoms with Gasteiger partial charge in [-0.25, -0.2) is 0 Å². The maximum Gasteiger partial charge on any atom is 0.253 e. The molecule has 0 spiro atoms. The normalized spacial score (nSPS) is 10.8. The van der Waals surface area contributed by atoms with Gasteiger partial charge in [0.1, 0.15) is 0 Å². The smallest absolute Gasteiger partial charge is 0.253 e. The maximum absolute atomic E-state index is 12.6. The molecule has 0 aliphatic carbocycles. The molecule has 2 amide bonds. The lowest BCUT2D eigenvalue weighted by molar-refractivity contribution is -0.113. The monoisotopic (exact) mass is 465 g/mol. The third-order valence-electron chi connectivity index (χ3n) is 4.72. The molecule has 0 bridgehead atoms. The summed E-state index contributed by atoms with van der Waals surface area (Å²) in [4.78, 5) is 24.9. The molecule has 4 rings (SSSR count). The third kappa shape index (κ3) is 5.27. The number of nitrogens with one attached hydrogen (secondary N) is 2. The molecule has 162 valence electrons. The summed E-state index contributed by atoms with van der Waals surface area (Å²) in [5, 5.41) is 15.1. The van der Waals surface area contributed by atoms with Gasteiger partial charge in [0.2, 0.25) is 5.91 Å². The number of aryl methyl sites for hydroxylation is 1. The molecule has 0 aliphatic rings. The van der Waals surface area contributed by atoms with Gasteiger partial charge in [0.15, 0.2) is 10.8 Å². The first-order chi connectivity index (χ1) is 15.5. The van der Waals surface area contributed by atoms with Crippen molar-refractivity contribution >= 4 is 46.5 Å². The predicted molar refractivity (Wildman–Crippen MR) is 126 cm³/mol. The molecule has 0 aliphatic heterocycles. The van der Waals surface area contributed by atoms with Crippen molar-refractivity contribution in [3.8, 4) is 0 Å². The van der Waals surface area contributed by atoms with Gasteiger partial charge in [-0.3, -0.25) is 14.0 Å². The molecule has 0 atom stereocenters. The molecule has 2 aromatic carbocycles. The van der Waals surface area contributed by atoms with Crippen molar-refractivity contribution in [1.29, 1.82) is 0 Å². The van der Waals surface area contributed by atoms with Gasteiger partial charge < -0.3 is 10.6 Å². The van der Waals surface area contributed by atoms with Crippen LogP contribution in [-0.2, 0) is 11.3 Å². The quantitative estimate of drug-likeness (QED) is 0.396. The summed E-state index contributed by atoms with van der Waals surface area (Å²) in [6.45, 7) is 2.33. The van der Waals surface area contributed by atoms with Crippen molar-refractivity contribution in [2.45, 2.75) is 18.6 Å². The molecule has 2 N–H and O–H groups in total. The second kappa shape index (κ2) is 9.84. The number of hydrogen-bond acceptors (Lipinski definition) is 5. The van der Waals surface area contributed by atoms with E-state index in [1.165, 1.54) is 11.8 Å². The lowest BCUT2D eigenvalue weighted by Crippen LogP contribution is -2.23. The molecule has 4 aromatic rings. The third-order valence-corrected chi connectivity index (χ3v) is 6.07. The molecule has 0 saturated heterocycles. The van der Waals surface area contributed by atoms with Crippen LogP contribution in [-0.4, -0.2) is 32.2 Å². The molecular formula is C23H20ClN5O2S. The summed E-state index contributed by atoms with van der Waals surface area (Å²) in [6.07, 6.45) is 1.68. The Labute approximate surface area is 194 Å². The number of nitrogens with zero attached hydrogens (tertiary/aromatic N) is 3. The first-order valence-electron chi connectivity index (χ1n) is 9.85. The van der Waals surface area contributed by atoms with E-state index < -0.39 is 0 Å². The number of pyridine rings is 1. The molecule has 32 heavy (non-hydrogen) atoms. The first-order valence-corrected chi connectivity index (χ1v) is 11.2. The summed E-state index contributed by atoms with van der Waals surface area (Å²) in [6, 6.07) is 18.5. The minimum atomic E-state index is -0.200. The van der Waals surface area contributed by atoms with E-state index in [0.717, 1.165) is 11.1 Å². The Balaban J connectivity index is 1.40. The number of aromatic nitrogens is 3. The fraction of sp³-hybridized carbons (Fsp3) is 0.130.